The number of hydrogen-bond donors (Lipinski definition) is 3. The Morgan fingerprint density at radius 2 is 1.56 bits per heavy atom. The van der Waals surface area contributed by atoms with Crippen LogP contribution in [0.5, 0.6) is 11.5 Å². The summed E-state index contributed by atoms with van der Waals surface area (Å²) in [5.41, 5.74) is 4.12. The summed E-state index contributed by atoms with van der Waals surface area (Å²) in [6.07, 6.45) is 1.87. The van der Waals surface area contributed by atoms with Gasteiger partial charge in [0.15, 0.2) is 11.6 Å². The summed E-state index contributed by atoms with van der Waals surface area (Å²) < 4.78 is 33.1. The number of aromatic nitrogens is 1. The molecule has 1 aliphatic carbocycles. The topological polar surface area (TPSA) is 123 Å². The third-order valence-electron chi connectivity index (χ3n) is 5.22. The number of amides is 3. The van der Waals surface area contributed by atoms with E-state index in [1.807, 2.05) is 0 Å². The van der Waals surface area contributed by atoms with E-state index in [-0.39, 0.29) is 27.9 Å². The smallest absolute Gasteiger partial charge is 0.268 e. The van der Waals surface area contributed by atoms with Gasteiger partial charge >= 0.3 is 0 Å². The number of halogens is 3. The highest BCUT2D eigenvalue weighted by Gasteiger charge is 2.56. The molecule has 4 N–H and O–H groups in total. The molecular weight excluding hydrogens is 470 g/mol. The number of primary amides is 1. The molecule has 0 aliphatic heterocycles. The summed E-state index contributed by atoms with van der Waals surface area (Å²) in [5.74, 6) is -3.53. The zero-order valence-corrected chi connectivity index (χ0v) is 18.2. The third-order valence-corrected chi connectivity index (χ3v) is 5.58. The summed E-state index contributed by atoms with van der Waals surface area (Å²) in [5, 5.41) is 4.96. The highest BCUT2D eigenvalue weighted by Crippen LogP contribution is 2.47. The first-order chi connectivity index (χ1) is 16.2. The molecule has 1 heterocycles. The Labute approximate surface area is 197 Å². The van der Waals surface area contributed by atoms with E-state index in [4.69, 9.17) is 22.1 Å². The molecular formula is C23H17ClF2N4O4. The molecule has 1 saturated carbocycles. The minimum absolute atomic E-state index is 0.0319. The zero-order chi connectivity index (χ0) is 24.5. The predicted molar refractivity (Wildman–Crippen MR) is 120 cm³/mol. The predicted octanol–water partition coefficient (Wildman–Crippen LogP) is 4.26. The van der Waals surface area contributed by atoms with Crippen molar-refractivity contribution in [1.82, 2.24) is 4.98 Å². The van der Waals surface area contributed by atoms with Crippen LogP contribution in [0.25, 0.3) is 0 Å². The van der Waals surface area contributed by atoms with Crippen molar-refractivity contribution in [3.63, 3.8) is 0 Å². The Kier molecular flexibility index (Phi) is 6.16. The Balaban J connectivity index is 1.45. The monoisotopic (exact) mass is 486 g/mol. The molecule has 11 heteroatoms. The fourth-order valence-electron chi connectivity index (χ4n) is 3.17. The van der Waals surface area contributed by atoms with Crippen molar-refractivity contribution >= 4 is 40.7 Å². The molecule has 3 amide bonds. The van der Waals surface area contributed by atoms with Crippen molar-refractivity contribution in [3.05, 3.63) is 77.1 Å². The van der Waals surface area contributed by atoms with Crippen LogP contribution in [0.15, 0.2) is 54.7 Å². The lowest BCUT2D eigenvalue weighted by molar-refractivity contribution is -0.131. The molecule has 0 saturated heterocycles. The van der Waals surface area contributed by atoms with E-state index in [9.17, 15) is 23.2 Å². The maximum absolute atomic E-state index is 14.6. The van der Waals surface area contributed by atoms with Crippen LogP contribution in [0.4, 0.5) is 20.2 Å². The van der Waals surface area contributed by atoms with E-state index in [1.54, 1.807) is 0 Å². The van der Waals surface area contributed by atoms with E-state index >= 15 is 0 Å². The molecule has 1 fully saturated rings. The number of pyridine rings is 1. The van der Waals surface area contributed by atoms with Crippen molar-refractivity contribution in [2.24, 2.45) is 11.1 Å². The van der Waals surface area contributed by atoms with Crippen molar-refractivity contribution in [1.29, 1.82) is 0 Å². The van der Waals surface area contributed by atoms with Crippen LogP contribution in [0, 0.1) is 17.0 Å². The molecule has 3 aromatic rings. The van der Waals surface area contributed by atoms with Gasteiger partial charge in [0, 0.05) is 29.7 Å². The quantitative estimate of drug-likeness (QED) is 0.430. The second-order valence-electron chi connectivity index (χ2n) is 7.58. The van der Waals surface area contributed by atoms with Gasteiger partial charge in [-0.15, -0.1) is 0 Å². The van der Waals surface area contributed by atoms with Crippen LogP contribution in [0.1, 0.15) is 23.3 Å². The van der Waals surface area contributed by atoms with Crippen molar-refractivity contribution in [2.75, 3.05) is 10.6 Å². The maximum atomic E-state index is 14.6. The largest absolute Gasteiger partial charge is 0.453 e. The number of ether oxygens (including phenoxy) is 1. The molecule has 0 atom stereocenters. The number of anilines is 2. The first-order valence-electron chi connectivity index (χ1n) is 10.00. The fourth-order valence-corrected chi connectivity index (χ4v) is 3.42. The Bertz CT molecular complexity index is 1300. The number of carbonyl (C=O) groups is 3. The van der Waals surface area contributed by atoms with Crippen LogP contribution in [-0.4, -0.2) is 22.7 Å². The van der Waals surface area contributed by atoms with Crippen LogP contribution < -0.4 is 21.1 Å². The molecule has 0 unspecified atom stereocenters. The molecule has 4 rings (SSSR count). The molecule has 0 radical (unpaired) electrons. The maximum Gasteiger partial charge on any atom is 0.268 e. The normalized spacial score (nSPS) is 13.6. The van der Waals surface area contributed by atoms with E-state index in [1.165, 1.54) is 48.7 Å². The lowest BCUT2D eigenvalue weighted by atomic mass is 10.0. The van der Waals surface area contributed by atoms with Gasteiger partial charge in [0.25, 0.3) is 5.91 Å². The molecule has 0 bridgehead atoms. The second kappa shape index (κ2) is 9.06. The van der Waals surface area contributed by atoms with E-state index in [0.29, 0.717) is 18.5 Å². The van der Waals surface area contributed by atoms with Gasteiger partial charge < -0.3 is 21.1 Å². The number of nitrogens with zero attached hydrogens (tertiary/aromatic N) is 1. The lowest BCUT2D eigenvalue weighted by Crippen LogP contribution is -2.35. The number of hydrogen-bond acceptors (Lipinski definition) is 5. The highest BCUT2D eigenvalue weighted by atomic mass is 35.5. The third kappa shape index (κ3) is 4.67. The van der Waals surface area contributed by atoms with Gasteiger partial charge in [0.05, 0.1) is 0 Å². The van der Waals surface area contributed by atoms with Crippen LogP contribution >= 0.6 is 11.6 Å². The van der Waals surface area contributed by atoms with Crippen LogP contribution in [0.2, 0.25) is 5.02 Å². The Morgan fingerprint density at radius 3 is 2.15 bits per heavy atom. The van der Waals surface area contributed by atoms with E-state index in [0.717, 1.165) is 6.07 Å². The summed E-state index contributed by atoms with van der Waals surface area (Å²) in [4.78, 5) is 40.5. The SMILES string of the molecule is NC(=O)c1nccc(Oc2ccc(NC(=O)C3(C(=O)Nc4ccc(F)cc4)CC3)cc2F)c1Cl. The molecule has 8 nitrogen and oxygen atoms in total. The fraction of sp³-hybridized carbons (Fsp3) is 0.130. The number of nitrogens with one attached hydrogen (secondary N) is 2. The number of rotatable bonds is 7. The first-order valence-corrected chi connectivity index (χ1v) is 10.4. The highest BCUT2D eigenvalue weighted by molar-refractivity contribution is 6.34. The Morgan fingerprint density at radius 1 is 0.941 bits per heavy atom. The van der Waals surface area contributed by atoms with Crippen molar-refractivity contribution in [3.8, 4) is 11.5 Å². The van der Waals surface area contributed by atoms with Crippen LogP contribution in [-0.2, 0) is 9.59 Å². The van der Waals surface area contributed by atoms with E-state index in [2.05, 4.69) is 15.6 Å². The number of nitrogens with two attached hydrogens (primary N) is 1. The van der Waals surface area contributed by atoms with Gasteiger partial charge in [-0.05, 0) is 49.2 Å². The van der Waals surface area contributed by atoms with Gasteiger partial charge in [0.1, 0.15) is 27.7 Å². The first kappa shape index (κ1) is 23.1. The summed E-state index contributed by atoms with van der Waals surface area (Å²) in [6, 6.07) is 10.1. The van der Waals surface area contributed by atoms with Gasteiger partial charge in [-0.2, -0.15) is 0 Å². The average molecular weight is 487 g/mol. The lowest BCUT2D eigenvalue weighted by Gasteiger charge is -2.16. The van der Waals surface area contributed by atoms with Gasteiger partial charge in [-0.25, -0.2) is 13.8 Å². The molecule has 2 aromatic carbocycles. The van der Waals surface area contributed by atoms with Gasteiger partial charge in [0.2, 0.25) is 11.8 Å². The summed E-state index contributed by atoms with van der Waals surface area (Å²) in [6.45, 7) is 0. The molecule has 174 valence electrons. The van der Waals surface area contributed by atoms with Gasteiger partial charge in [-0.1, -0.05) is 11.6 Å². The van der Waals surface area contributed by atoms with Crippen molar-refractivity contribution in [2.45, 2.75) is 12.8 Å². The minimum Gasteiger partial charge on any atom is -0.453 e. The summed E-state index contributed by atoms with van der Waals surface area (Å²) >= 11 is 6.03. The average Bonchev–Trinajstić information content (AvgIpc) is 3.60. The summed E-state index contributed by atoms with van der Waals surface area (Å²) in [7, 11) is 0. The molecule has 34 heavy (non-hydrogen) atoms. The van der Waals surface area contributed by atoms with Crippen molar-refractivity contribution < 1.29 is 27.9 Å². The van der Waals surface area contributed by atoms with Crippen LogP contribution in [0.3, 0.4) is 0 Å². The molecule has 1 aromatic heterocycles. The molecule has 0 spiro atoms. The Hall–Kier alpha value is -4.05. The number of benzene rings is 2. The van der Waals surface area contributed by atoms with Gasteiger partial charge in [-0.3, -0.25) is 14.4 Å². The standard InChI is InChI=1S/C23H17ClF2N4O4/c24-18-17(7-10-28-19(18)20(27)31)34-16-6-5-14(11-15(16)26)30-22(33)23(8-9-23)21(32)29-13-3-1-12(25)2-4-13/h1-7,10-11H,8-9H2,(H2,27,31)(H,29,32)(H,30,33). The second-order valence-corrected chi connectivity index (χ2v) is 7.96. The zero-order valence-electron chi connectivity index (χ0n) is 17.4. The number of carbonyl (C=O) groups excluding carboxylic acids is 3. The van der Waals surface area contributed by atoms with E-state index < -0.39 is 34.8 Å². The minimum atomic E-state index is -1.30. The molecule has 1 aliphatic rings.